The lowest BCUT2D eigenvalue weighted by molar-refractivity contribution is 0.390. The van der Waals surface area contributed by atoms with Crippen molar-refractivity contribution in [2.24, 2.45) is 0 Å². The van der Waals surface area contributed by atoms with E-state index in [1.165, 1.54) is 23.5 Å². The van der Waals surface area contributed by atoms with E-state index < -0.39 is 10.0 Å². The largest absolute Gasteiger partial charge is 0.398 e. The zero-order chi connectivity index (χ0) is 15.8. The normalized spacial score (nSPS) is 12.0. The summed E-state index contributed by atoms with van der Waals surface area (Å²) in [4.78, 5) is -0.0825. The van der Waals surface area contributed by atoms with Crippen LogP contribution in [0.15, 0.2) is 27.6 Å². The van der Waals surface area contributed by atoms with E-state index >= 15 is 0 Å². The summed E-state index contributed by atoms with van der Waals surface area (Å²) >= 11 is 5.99. The van der Waals surface area contributed by atoms with Gasteiger partial charge in [0, 0.05) is 19.2 Å². The first-order chi connectivity index (χ1) is 9.75. The molecule has 8 heteroatoms. The predicted molar refractivity (Wildman–Crippen MR) is 80.5 cm³/mol. The molecule has 2 rings (SSSR count). The maximum Gasteiger partial charge on any atom is 0.246 e. The van der Waals surface area contributed by atoms with Crippen molar-refractivity contribution in [1.82, 2.24) is 9.46 Å². The number of aryl methyl sites for hydroxylation is 2. The Morgan fingerprint density at radius 3 is 2.57 bits per heavy atom. The van der Waals surface area contributed by atoms with Crippen LogP contribution in [0.1, 0.15) is 17.0 Å². The molecule has 0 amide bonds. The minimum Gasteiger partial charge on any atom is -0.398 e. The number of sulfonamides is 1. The van der Waals surface area contributed by atoms with Crippen molar-refractivity contribution in [3.63, 3.8) is 0 Å². The number of aromatic nitrogens is 1. The van der Waals surface area contributed by atoms with Gasteiger partial charge < -0.3 is 10.3 Å². The van der Waals surface area contributed by atoms with Crippen LogP contribution in [0.25, 0.3) is 0 Å². The summed E-state index contributed by atoms with van der Waals surface area (Å²) in [6.45, 7) is 3.63. The van der Waals surface area contributed by atoms with E-state index in [4.69, 9.17) is 21.9 Å². The highest BCUT2D eigenvalue weighted by molar-refractivity contribution is 7.89. The van der Waals surface area contributed by atoms with Gasteiger partial charge in [0.2, 0.25) is 10.0 Å². The fourth-order valence-electron chi connectivity index (χ4n) is 1.99. The first-order valence-electron chi connectivity index (χ1n) is 6.17. The second-order valence-electron chi connectivity index (χ2n) is 4.72. The Bertz CT molecular complexity index is 731. The zero-order valence-electron chi connectivity index (χ0n) is 11.9. The number of nitrogens with zero attached hydrogens (tertiary/aromatic N) is 2. The molecule has 0 radical (unpaired) electrons. The topological polar surface area (TPSA) is 89.4 Å². The summed E-state index contributed by atoms with van der Waals surface area (Å²) in [6, 6.07) is 4.60. The number of hydrogen-bond donors (Lipinski definition) is 1. The van der Waals surface area contributed by atoms with Crippen LogP contribution in [-0.2, 0) is 16.6 Å². The van der Waals surface area contributed by atoms with Crippen LogP contribution < -0.4 is 5.73 Å². The predicted octanol–water partition coefficient (Wildman–Crippen LogP) is 2.35. The van der Waals surface area contributed by atoms with E-state index in [0.717, 1.165) is 5.56 Å². The molecule has 1 aromatic carbocycles. The van der Waals surface area contributed by atoms with Gasteiger partial charge in [0.1, 0.15) is 10.7 Å². The Morgan fingerprint density at radius 1 is 1.38 bits per heavy atom. The van der Waals surface area contributed by atoms with Gasteiger partial charge in [-0.1, -0.05) is 22.8 Å². The van der Waals surface area contributed by atoms with Gasteiger partial charge >= 0.3 is 0 Å². The van der Waals surface area contributed by atoms with Crippen LogP contribution >= 0.6 is 11.6 Å². The fraction of sp³-hybridized carbons (Fsp3) is 0.308. The molecule has 0 unspecified atom stereocenters. The number of anilines is 1. The first-order valence-corrected chi connectivity index (χ1v) is 7.99. The molecule has 0 aliphatic carbocycles. The van der Waals surface area contributed by atoms with Crippen molar-refractivity contribution >= 4 is 27.3 Å². The summed E-state index contributed by atoms with van der Waals surface area (Å²) in [6.07, 6.45) is 0. The average molecular weight is 330 g/mol. The molecule has 114 valence electrons. The Hall–Kier alpha value is -1.57. The molecule has 1 aromatic heterocycles. The van der Waals surface area contributed by atoms with Crippen molar-refractivity contribution in [2.75, 3.05) is 12.8 Å². The van der Waals surface area contributed by atoms with Gasteiger partial charge in [-0.15, -0.1) is 0 Å². The number of nitrogen functional groups attached to an aromatic ring is 1. The minimum absolute atomic E-state index is 0.0825. The van der Waals surface area contributed by atoms with E-state index in [1.807, 2.05) is 0 Å². The molecule has 21 heavy (non-hydrogen) atoms. The minimum atomic E-state index is -3.80. The fourth-order valence-corrected chi connectivity index (χ4v) is 3.75. The lowest BCUT2D eigenvalue weighted by Crippen LogP contribution is -2.28. The number of rotatable bonds is 4. The maximum absolute atomic E-state index is 12.6. The monoisotopic (exact) mass is 329 g/mol. The molecule has 0 saturated carbocycles. The molecular formula is C13H16ClN3O3S. The summed E-state index contributed by atoms with van der Waals surface area (Å²) in [5.41, 5.74) is 7.26. The highest BCUT2D eigenvalue weighted by atomic mass is 35.5. The molecule has 0 aliphatic rings. The third kappa shape index (κ3) is 2.90. The second-order valence-corrected chi connectivity index (χ2v) is 7.11. The Kier molecular flexibility index (Phi) is 4.27. The Morgan fingerprint density at radius 2 is 2.05 bits per heavy atom. The van der Waals surface area contributed by atoms with Crippen molar-refractivity contribution in [3.8, 4) is 0 Å². The van der Waals surface area contributed by atoms with Crippen LogP contribution in [0.4, 0.5) is 5.69 Å². The molecule has 2 N–H and O–H groups in total. The van der Waals surface area contributed by atoms with Gasteiger partial charge in [-0.05, 0) is 26.0 Å². The lowest BCUT2D eigenvalue weighted by Gasteiger charge is -2.19. The van der Waals surface area contributed by atoms with Gasteiger partial charge in [-0.25, -0.2) is 8.42 Å². The first kappa shape index (κ1) is 15.8. The van der Waals surface area contributed by atoms with Crippen LogP contribution in [0, 0.1) is 13.8 Å². The third-order valence-electron chi connectivity index (χ3n) is 3.23. The molecule has 0 atom stereocenters. The second kappa shape index (κ2) is 5.67. The van der Waals surface area contributed by atoms with Gasteiger partial charge in [-0.3, -0.25) is 0 Å². The van der Waals surface area contributed by atoms with Crippen molar-refractivity contribution in [3.05, 3.63) is 40.2 Å². The summed E-state index contributed by atoms with van der Waals surface area (Å²) in [7, 11) is -2.34. The lowest BCUT2D eigenvalue weighted by atomic mass is 10.2. The van der Waals surface area contributed by atoms with Gasteiger partial charge in [0.25, 0.3) is 0 Å². The maximum atomic E-state index is 12.6. The van der Waals surface area contributed by atoms with E-state index in [1.54, 1.807) is 19.9 Å². The number of hydrogen-bond acceptors (Lipinski definition) is 5. The number of benzene rings is 1. The van der Waals surface area contributed by atoms with Crippen LogP contribution in [0.2, 0.25) is 5.02 Å². The highest BCUT2D eigenvalue weighted by Crippen LogP contribution is 2.30. The van der Waals surface area contributed by atoms with E-state index in [-0.39, 0.29) is 22.2 Å². The highest BCUT2D eigenvalue weighted by Gasteiger charge is 2.27. The Labute approximate surface area is 128 Å². The smallest absolute Gasteiger partial charge is 0.246 e. The van der Waals surface area contributed by atoms with E-state index in [2.05, 4.69) is 5.16 Å². The van der Waals surface area contributed by atoms with Gasteiger partial charge in [-0.2, -0.15) is 4.31 Å². The van der Waals surface area contributed by atoms with Crippen LogP contribution in [-0.4, -0.2) is 24.9 Å². The molecule has 2 aromatic rings. The van der Waals surface area contributed by atoms with Crippen molar-refractivity contribution in [2.45, 2.75) is 25.3 Å². The molecule has 6 nitrogen and oxygen atoms in total. The van der Waals surface area contributed by atoms with Gasteiger partial charge in [0.05, 0.1) is 16.4 Å². The average Bonchev–Trinajstić information content (AvgIpc) is 2.70. The van der Waals surface area contributed by atoms with Crippen molar-refractivity contribution in [1.29, 1.82) is 0 Å². The van der Waals surface area contributed by atoms with E-state index in [9.17, 15) is 8.42 Å². The number of halogens is 1. The summed E-state index contributed by atoms with van der Waals surface area (Å²) in [5.74, 6) is 0.585. The molecule has 0 fully saturated rings. The van der Waals surface area contributed by atoms with Crippen LogP contribution in [0.3, 0.4) is 0 Å². The number of nitrogens with two attached hydrogens (primary N) is 1. The SMILES string of the molecule is Cc1noc(C)c1CN(C)S(=O)(=O)c1c(N)cccc1Cl. The molecule has 1 heterocycles. The molecule has 0 spiro atoms. The van der Waals surface area contributed by atoms with E-state index in [0.29, 0.717) is 11.5 Å². The molecule has 0 saturated heterocycles. The quantitative estimate of drug-likeness (QED) is 0.870. The Balaban J connectivity index is 2.40. The van der Waals surface area contributed by atoms with Crippen LogP contribution in [0.5, 0.6) is 0 Å². The molecule has 0 bridgehead atoms. The van der Waals surface area contributed by atoms with Crippen molar-refractivity contribution < 1.29 is 12.9 Å². The molecular weight excluding hydrogens is 314 g/mol. The summed E-state index contributed by atoms with van der Waals surface area (Å²) in [5, 5.41) is 3.91. The third-order valence-corrected chi connectivity index (χ3v) is 5.58. The standard InChI is InChI=1S/C13H16ClN3O3S/c1-8-10(9(2)20-16-8)7-17(3)21(18,19)13-11(14)5-4-6-12(13)15/h4-6H,7,15H2,1-3H3. The zero-order valence-corrected chi connectivity index (χ0v) is 13.5. The van der Waals surface area contributed by atoms with Gasteiger partial charge in [0.15, 0.2) is 0 Å². The summed E-state index contributed by atoms with van der Waals surface area (Å²) < 4.78 is 31.5. The molecule has 0 aliphatic heterocycles.